The van der Waals surface area contributed by atoms with Gasteiger partial charge in [0.2, 0.25) is 0 Å². The highest BCUT2D eigenvalue weighted by Gasteiger charge is 2.85. The second-order valence-electron chi connectivity index (χ2n) is 6.60. The Morgan fingerprint density at radius 1 is 0.647 bits per heavy atom. The van der Waals surface area contributed by atoms with Crippen molar-refractivity contribution in [1.82, 2.24) is 5.32 Å². The molecule has 0 heterocycles. The first-order valence-corrected chi connectivity index (χ1v) is 7.90. The predicted octanol–water partition coefficient (Wildman–Crippen LogP) is 5.63. The molecule has 2 atom stereocenters. The van der Waals surface area contributed by atoms with Crippen LogP contribution in [0.4, 0.5) is 74.6 Å². The Morgan fingerprint density at radius 2 is 1.06 bits per heavy atom. The summed E-state index contributed by atoms with van der Waals surface area (Å²) in [5, 5.41) is 0.881. The molecule has 0 aromatic rings. The third-order valence-corrected chi connectivity index (χ3v) is 3.33. The van der Waals surface area contributed by atoms with Gasteiger partial charge >= 0.3 is 48.4 Å². The van der Waals surface area contributed by atoms with Crippen LogP contribution in [-0.2, 0) is 14.3 Å². The minimum atomic E-state index is -8.01. The molecule has 0 saturated carbocycles. The number of carbonyl (C=O) groups excluding carboxylic acids is 1. The molecule has 0 aromatic carbocycles. The number of hydrogen-bond donors (Lipinski definition) is 1. The number of amides is 1. The van der Waals surface area contributed by atoms with Crippen molar-refractivity contribution in [2.75, 3.05) is 6.54 Å². The lowest BCUT2D eigenvalue weighted by Gasteiger charge is -2.40. The average molecular weight is 551 g/mol. The summed E-state index contributed by atoms with van der Waals surface area (Å²) in [6.07, 6.45) is -38.4. The van der Waals surface area contributed by atoms with Gasteiger partial charge in [0, 0.05) is 6.54 Å². The van der Waals surface area contributed by atoms with Crippen molar-refractivity contribution in [3.8, 4) is 0 Å². The molecule has 0 aromatic heterocycles. The third kappa shape index (κ3) is 5.88. The molecule has 34 heavy (non-hydrogen) atoms. The highest BCUT2D eigenvalue weighted by molar-refractivity contribution is 5.84. The van der Waals surface area contributed by atoms with Crippen LogP contribution in [0.15, 0.2) is 0 Å². The van der Waals surface area contributed by atoms with Crippen LogP contribution < -0.4 is 5.32 Å². The van der Waals surface area contributed by atoms with Crippen LogP contribution in [-0.4, -0.2) is 60.8 Å². The summed E-state index contributed by atoms with van der Waals surface area (Å²) in [6.45, 7) is 1.16. The SMILES string of the molecule is CC(C)CNC(=O)[C@@](F)(OC(F)(F)[C@@](F)(OC(F)(F)C(F)(F)C(F)(F)F)C(F)(F)F)C(F)(F)F. The molecule has 1 amide bonds. The number of rotatable bonds is 9. The van der Waals surface area contributed by atoms with Gasteiger partial charge in [-0.3, -0.25) is 14.3 Å². The molecule has 0 rings (SSSR count). The summed E-state index contributed by atoms with van der Waals surface area (Å²) < 4.78 is 223. The molecule has 21 heteroatoms. The molecule has 0 fully saturated rings. The number of ether oxygens (including phenoxy) is 2. The summed E-state index contributed by atoms with van der Waals surface area (Å²) in [4.78, 5) is 11.3. The van der Waals surface area contributed by atoms with Gasteiger partial charge in [0.1, 0.15) is 0 Å². The van der Waals surface area contributed by atoms with E-state index in [1.807, 2.05) is 4.74 Å². The van der Waals surface area contributed by atoms with Gasteiger partial charge in [-0.05, 0) is 5.92 Å². The third-order valence-electron chi connectivity index (χ3n) is 3.33. The Hall–Kier alpha value is -1.80. The van der Waals surface area contributed by atoms with Crippen molar-refractivity contribution in [3.63, 3.8) is 0 Å². The zero-order chi connectivity index (χ0) is 28.0. The van der Waals surface area contributed by atoms with Crippen molar-refractivity contribution < 1.29 is 88.9 Å². The maximum Gasteiger partial charge on any atom is 0.462 e. The first-order chi connectivity index (χ1) is 14.5. The number of nitrogens with one attached hydrogen (secondary N) is 1. The summed E-state index contributed by atoms with van der Waals surface area (Å²) >= 11 is 0. The summed E-state index contributed by atoms with van der Waals surface area (Å²) in [7, 11) is 0. The topological polar surface area (TPSA) is 47.6 Å². The van der Waals surface area contributed by atoms with Crippen LogP contribution in [0.25, 0.3) is 0 Å². The van der Waals surface area contributed by atoms with E-state index in [9.17, 15) is 79.4 Å². The van der Waals surface area contributed by atoms with E-state index in [0.717, 1.165) is 19.2 Å². The van der Waals surface area contributed by atoms with E-state index in [4.69, 9.17) is 0 Å². The second kappa shape index (κ2) is 9.01. The van der Waals surface area contributed by atoms with E-state index in [0.29, 0.717) is 0 Å². The monoisotopic (exact) mass is 551 g/mol. The summed E-state index contributed by atoms with van der Waals surface area (Å²) in [5.41, 5.74) is 0. The van der Waals surface area contributed by atoms with Gasteiger partial charge in [-0.15, -0.1) is 0 Å². The molecule has 0 radical (unpaired) electrons. The molecule has 0 aliphatic carbocycles. The Labute approximate surface area is 176 Å². The van der Waals surface area contributed by atoms with E-state index in [-0.39, 0.29) is 0 Å². The summed E-state index contributed by atoms with van der Waals surface area (Å²) in [5.74, 6) is -26.9. The van der Waals surface area contributed by atoms with Crippen LogP contribution in [0.1, 0.15) is 13.8 Å². The lowest BCUT2D eigenvalue weighted by Crippen LogP contribution is -2.68. The molecule has 0 unspecified atom stereocenters. The number of alkyl halides is 17. The molecule has 1 N–H and O–H groups in total. The molecule has 0 aliphatic rings. The lowest BCUT2D eigenvalue weighted by molar-refractivity contribution is -0.548. The van der Waals surface area contributed by atoms with Crippen LogP contribution >= 0.6 is 0 Å². The lowest BCUT2D eigenvalue weighted by atomic mass is 10.2. The molecular formula is C13H10F17NO3. The first-order valence-electron chi connectivity index (χ1n) is 7.90. The van der Waals surface area contributed by atoms with Crippen LogP contribution in [0, 0.1) is 5.92 Å². The number of halogens is 17. The maximum atomic E-state index is 14.1. The van der Waals surface area contributed by atoms with Crippen LogP contribution in [0.2, 0.25) is 0 Å². The van der Waals surface area contributed by atoms with Gasteiger partial charge in [0.25, 0.3) is 5.91 Å². The van der Waals surface area contributed by atoms with E-state index < -0.39 is 66.7 Å². The fourth-order valence-corrected chi connectivity index (χ4v) is 1.57. The van der Waals surface area contributed by atoms with Gasteiger partial charge in [0.15, 0.2) is 0 Å². The van der Waals surface area contributed by atoms with Gasteiger partial charge in [-0.25, -0.2) is 0 Å². The molecule has 0 saturated heterocycles. The van der Waals surface area contributed by atoms with Gasteiger partial charge < -0.3 is 5.32 Å². The van der Waals surface area contributed by atoms with Crippen molar-refractivity contribution in [1.29, 1.82) is 0 Å². The van der Waals surface area contributed by atoms with E-state index in [2.05, 4.69) is 0 Å². The zero-order valence-corrected chi connectivity index (χ0v) is 15.9. The van der Waals surface area contributed by atoms with Gasteiger partial charge in [-0.1, -0.05) is 13.8 Å². The van der Waals surface area contributed by atoms with Gasteiger partial charge in [0.05, 0.1) is 0 Å². The highest BCUT2D eigenvalue weighted by atomic mass is 19.4. The Bertz CT molecular complexity index is 728. The van der Waals surface area contributed by atoms with Crippen LogP contribution in [0.5, 0.6) is 0 Å². The molecular weight excluding hydrogens is 541 g/mol. The van der Waals surface area contributed by atoms with Crippen molar-refractivity contribution >= 4 is 5.91 Å². The summed E-state index contributed by atoms with van der Waals surface area (Å²) in [6, 6.07) is 0. The second-order valence-corrected chi connectivity index (χ2v) is 6.60. The normalized spacial score (nSPS) is 18.5. The zero-order valence-electron chi connectivity index (χ0n) is 15.9. The largest absolute Gasteiger partial charge is 0.462 e. The fourth-order valence-electron chi connectivity index (χ4n) is 1.57. The first kappa shape index (κ1) is 32.2. The Balaban J connectivity index is 6.67. The molecule has 0 bridgehead atoms. The van der Waals surface area contributed by atoms with E-state index in [1.165, 1.54) is 4.74 Å². The van der Waals surface area contributed by atoms with Crippen molar-refractivity contribution in [3.05, 3.63) is 0 Å². The van der Waals surface area contributed by atoms with Crippen molar-refractivity contribution in [2.45, 2.75) is 62.2 Å². The van der Waals surface area contributed by atoms with E-state index >= 15 is 0 Å². The number of carbonyl (C=O) groups is 1. The van der Waals surface area contributed by atoms with Crippen molar-refractivity contribution in [2.24, 2.45) is 5.92 Å². The van der Waals surface area contributed by atoms with Gasteiger partial charge in [-0.2, -0.15) is 74.6 Å². The smallest absolute Gasteiger partial charge is 0.351 e. The minimum absolute atomic E-state index is 0.881. The molecule has 0 aliphatic heterocycles. The predicted molar refractivity (Wildman–Crippen MR) is 70.7 cm³/mol. The van der Waals surface area contributed by atoms with E-state index in [1.54, 1.807) is 0 Å². The molecule has 204 valence electrons. The molecule has 0 spiro atoms. The number of hydrogen-bond acceptors (Lipinski definition) is 3. The standard InChI is InChI=1S/C13H10F17NO3/c1-4(2)3-31-5(32)6(14,9(18,19)20)33-13(29,30)8(17,11(24,25)26)34-12(27,28)7(15,16)10(21,22)23/h4H,3H2,1-2H3,(H,31,32)/t6-,8+/m1/s1. The quantitative estimate of drug-likeness (QED) is 0.378. The molecule has 4 nitrogen and oxygen atoms in total. The Morgan fingerprint density at radius 3 is 1.35 bits per heavy atom. The highest BCUT2D eigenvalue weighted by Crippen LogP contribution is 2.56. The fraction of sp³-hybridized carbons (Fsp3) is 0.923. The average Bonchev–Trinajstić information content (AvgIpc) is 2.55. The minimum Gasteiger partial charge on any atom is -0.351 e. The Kier molecular flexibility index (Phi) is 8.53. The van der Waals surface area contributed by atoms with Crippen LogP contribution in [0.3, 0.4) is 0 Å². The maximum absolute atomic E-state index is 14.1.